The molecule has 0 aliphatic heterocycles. The van der Waals surface area contributed by atoms with Gasteiger partial charge in [-0.3, -0.25) is 4.46 Å². The molecule has 0 saturated heterocycles. The van der Waals surface area contributed by atoms with Gasteiger partial charge in [-0.15, -0.1) is 0 Å². The molecule has 0 rings (SSSR count). The number of hydrogen-bond acceptors (Lipinski definition) is 1. The molecule has 0 aliphatic rings. The molecule has 42 valence electrons. The van der Waals surface area contributed by atoms with E-state index in [1.165, 1.54) is 0 Å². The third kappa shape index (κ3) is 53.5. The average Bonchev–Trinajstić information content (AvgIpc) is 0.811. The van der Waals surface area contributed by atoms with Crippen LogP contribution >= 0.6 is 0 Å². The average molecular weight is 275 g/mol. The van der Waals surface area contributed by atoms with Gasteiger partial charge in [0.1, 0.15) is 0 Å². The van der Waals surface area contributed by atoms with Crippen LogP contribution in [0.4, 0.5) is 0 Å². The predicted molar refractivity (Wildman–Crippen MR) is 20.8 cm³/mol. The molecule has 0 aromatic rings. The first-order valence-electron chi connectivity index (χ1n) is 0.651. The van der Waals surface area contributed by atoms with Gasteiger partial charge < -0.3 is 9.59 Å². The van der Waals surface area contributed by atoms with Crippen LogP contribution in [0.3, 0.4) is 0 Å². The van der Waals surface area contributed by atoms with Crippen molar-refractivity contribution in [3.63, 3.8) is 0 Å². The van der Waals surface area contributed by atoms with Crippen LogP contribution in [-0.4, -0.2) is 36.1 Å². The van der Waals surface area contributed by atoms with E-state index < -0.39 is 9.17 Å². The molecule has 0 heterocycles. The van der Waals surface area contributed by atoms with E-state index in [4.69, 9.17) is 14.1 Å². The quantitative estimate of drug-likeness (QED) is 0.470. The molecule has 6 heteroatoms. The summed E-state index contributed by atoms with van der Waals surface area (Å²) in [6, 6.07) is 0. The Morgan fingerprint density at radius 2 is 1.33 bits per heavy atom. The summed E-state index contributed by atoms with van der Waals surface area (Å²) in [7, 11) is -3.13. The zero-order valence-electron chi connectivity index (χ0n) is 2.09. The standard InChI is InChI=1S/Al.Er.H2O3Si.3H/c;;1-4(2)3;;;/h;;1-2H;;;. The van der Waals surface area contributed by atoms with Crippen molar-refractivity contribution in [1.82, 2.24) is 0 Å². The summed E-state index contributed by atoms with van der Waals surface area (Å²) in [4.78, 5) is 14.3. The van der Waals surface area contributed by atoms with E-state index >= 15 is 0 Å². The topological polar surface area (TPSA) is 57.5 Å². The summed E-state index contributed by atoms with van der Waals surface area (Å²) in [5.41, 5.74) is 0. The zero-order valence-corrected chi connectivity index (χ0v) is 4.94. The van der Waals surface area contributed by atoms with Gasteiger partial charge in [0.25, 0.3) is 0 Å². The summed E-state index contributed by atoms with van der Waals surface area (Å²) in [5.74, 6) is 0. The molecule has 0 radical (unpaired) electrons. The van der Waals surface area contributed by atoms with Gasteiger partial charge in [-0.05, 0) is 0 Å². The van der Waals surface area contributed by atoms with Gasteiger partial charge in [0.05, 0.1) is 0 Å². The predicted octanol–water partition coefficient (Wildman–Crippen LogP) is -2.80. The van der Waals surface area contributed by atoms with E-state index in [0.717, 1.165) is 0 Å². The molecular weight excluding hydrogens is 270 g/mol. The Hall–Kier alpha value is 1.40. The number of rotatable bonds is 0. The molecule has 0 aromatic heterocycles. The maximum absolute atomic E-state index is 8.74. The molecule has 2 N–H and O–H groups in total. The van der Waals surface area contributed by atoms with Crippen LogP contribution in [-0.2, 0) is 4.46 Å². The van der Waals surface area contributed by atoms with Gasteiger partial charge in [-0.25, -0.2) is 0 Å². The first-order chi connectivity index (χ1) is 1.73. The smallest absolute Gasteiger partial charge is 0.511 e. The van der Waals surface area contributed by atoms with Crippen molar-refractivity contribution < 1.29 is 51.4 Å². The van der Waals surface area contributed by atoms with Crippen molar-refractivity contribution in [2.45, 2.75) is 0 Å². The van der Waals surface area contributed by atoms with E-state index in [9.17, 15) is 0 Å². The SMILES string of the molecule is O=[Si](O)O.[AlH3].[Er]. The van der Waals surface area contributed by atoms with Crippen molar-refractivity contribution in [3.8, 4) is 0 Å². The molecule has 0 amide bonds. The molecule has 0 fully saturated rings. The molecule has 0 aliphatic carbocycles. The fraction of sp³-hybridized carbons (Fsp3) is 0. The van der Waals surface area contributed by atoms with Crippen molar-refractivity contribution in [3.05, 3.63) is 0 Å². The Labute approximate surface area is 77.0 Å². The van der Waals surface area contributed by atoms with Crippen LogP contribution < -0.4 is 0 Å². The molecular formula is H5AlErO3Si. The van der Waals surface area contributed by atoms with E-state index in [0.29, 0.717) is 0 Å². The molecule has 6 heavy (non-hydrogen) atoms. The third-order valence-electron chi connectivity index (χ3n) is 0. The third-order valence-corrected chi connectivity index (χ3v) is 0. The first kappa shape index (κ1) is 15.7. The minimum Gasteiger partial charge on any atom is -0.511 e. The first-order valence-corrected chi connectivity index (χ1v) is 1.95. The normalized spacial score (nSPS) is 4.00. The minimum absolute atomic E-state index is 0. The van der Waals surface area contributed by atoms with E-state index in [1.807, 2.05) is 0 Å². The van der Waals surface area contributed by atoms with Gasteiger partial charge in [-0.2, -0.15) is 0 Å². The Morgan fingerprint density at radius 3 is 1.33 bits per heavy atom. The minimum atomic E-state index is -3.13. The van der Waals surface area contributed by atoms with Gasteiger partial charge >= 0.3 is 9.17 Å². The Kier molecular flexibility index (Phi) is 25.1. The van der Waals surface area contributed by atoms with Crippen molar-refractivity contribution >= 4 is 26.5 Å². The summed E-state index contributed by atoms with van der Waals surface area (Å²) in [6.45, 7) is 0. The van der Waals surface area contributed by atoms with Crippen LogP contribution in [0.5, 0.6) is 0 Å². The zero-order chi connectivity index (χ0) is 3.58. The van der Waals surface area contributed by atoms with Crippen molar-refractivity contribution in [1.29, 1.82) is 0 Å². The molecule has 0 bridgehead atoms. The Balaban J connectivity index is -0.0000000450. The van der Waals surface area contributed by atoms with Crippen LogP contribution in [0.1, 0.15) is 0 Å². The summed E-state index contributed by atoms with van der Waals surface area (Å²) in [5, 5.41) is 0. The maximum Gasteiger partial charge on any atom is 0.761 e. The second-order valence-corrected chi connectivity index (χ2v) is 0.848. The number of hydrogen-bond donors (Lipinski definition) is 2. The van der Waals surface area contributed by atoms with Gasteiger partial charge in [0.15, 0.2) is 17.4 Å². The molecule has 0 aromatic carbocycles. The largest absolute Gasteiger partial charge is 0.761 e. The molecule has 3 nitrogen and oxygen atoms in total. The van der Waals surface area contributed by atoms with Crippen LogP contribution in [0.2, 0.25) is 0 Å². The second-order valence-electron chi connectivity index (χ2n) is 0.283. The van der Waals surface area contributed by atoms with Gasteiger partial charge in [-0.1, -0.05) is 0 Å². The van der Waals surface area contributed by atoms with Crippen LogP contribution in [0.15, 0.2) is 0 Å². The summed E-state index contributed by atoms with van der Waals surface area (Å²) >= 11 is 0. The molecule has 0 spiro atoms. The Morgan fingerprint density at radius 1 is 1.33 bits per heavy atom. The van der Waals surface area contributed by atoms with E-state index in [2.05, 4.69) is 0 Å². The molecule has 0 unspecified atom stereocenters. The van der Waals surface area contributed by atoms with Crippen molar-refractivity contribution in [2.75, 3.05) is 0 Å². The summed E-state index contributed by atoms with van der Waals surface area (Å²) in [6.07, 6.45) is 0. The summed E-state index contributed by atoms with van der Waals surface area (Å²) < 4.78 is 8.74. The fourth-order valence-corrected chi connectivity index (χ4v) is 0. The molecule has 0 saturated carbocycles. The Bertz CT molecular complexity index is 33.8. The van der Waals surface area contributed by atoms with Crippen molar-refractivity contribution in [2.24, 2.45) is 0 Å². The second kappa shape index (κ2) is 9.64. The van der Waals surface area contributed by atoms with Gasteiger partial charge in [0.2, 0.25) is 0 Å². The maximum atomic E-state index is 8.74. The van der Waals surface area contributed by atoms with E-state index in [-0.39, 0.29) is 54.7 Å². The fourth-order valence-electron chi connectivity index (χ4n) is 0. The molecule has 0 atom stereocenters. The van der Waals surface area contributed by atoms with E-state index in [1.54, 1.807) is 0 Å². The van der Waals surface area contributed by atoms with Crippen LogP contribution in [0.25, 0.3) is 0 Å². The van der Waals surface area contributed by atoms with Crippen LogP contribution in [0, 0.1) is 37.3 Å². The monoisotopic (exact) mass is 274 g/mol. The van der Waals surface area contributed by atoms with Gasteiger partial charge in [0, 0.05) is 37.3 Å².